The lowest BCUT2D eigenvalue weighted by atomic mass is 10.2. The molecule has 2 aromatic carbocycles. The zero-order valence-corrected chi connectivity index (χ0v) is 16.1. The minimum absolute atomic E-state index is 0.0654. The predicted octanol–water partition coefficient (Wildman–Crippen LogP) is 4.43. The Hall–Kier alpha value is -2.24. The van der Waals surface area contributed by atoms with Crippen LogP contribution in [0.1, 0.15) is 24.8 Å². The van der Waals surface area contributed by atoms with Gasteiger partial charge in [0.25, 0.3) is 0 Å². The summed E-state index contributed by atoms with van der Waals surface area (Å²) in [6.07, 6.45) is 2.15. The lowest BCUT2D eigenvalue weighted by Crippen LogP contribution is -2.24. The first-order valence-corrected chi connectivity index (χ1v) is 9.51. The van der Waals surface area contributed by atoms with E-state index in [1.807, 2.05) is 24.3 Å². The third-order valence-electron chi connectivity index (χ3n) is 4.12. The van der Waals surface area contributed by atoms with Gasteiger partial charge in [-0.1, -0.05) is 35.3 Å². The first-order valence-electron chi connectivity index (χ1n) is 8.75. The Bertz CT molecular complexity index is 838. The summed E-state index contributed by atoms with van der Waals surface area (Å²) >= 11 is 11.8. The van der Waals surface area contributed by atoms with Crippen molar-refractivity contribution >= 4 is 40.7 Å². The molecule has 0 spiro atoms. The van der Waals surface area contributed by atoms with Gasteiger partial charge in [0.15, 0.2) is 0 Å². The molecule has 1 fully saturated rings. The normalized spacial score (nSPS) is 13.1. The molecule has 2 aromatic rings. The van der Waals surface area contributed by atoms with E-state index in [9.17, 15) is 9.59 Å². The Kier molecular flexibility index (Phi) is 6.58. The molecule has 0 bridgehead atoms. The van der Waals surface area contributed by atoms with E-state index < -0.39 is 0 Å². The predicted molar refractivity (Wildman–Crippen MR) is 106 cm³/mol. The Labute approximate surface area is 168 Å². The molecule has 0 aromatic heterocycles. The van der Waals surface area contributed by atoms with Gasteiger partial charge in [-0.05, 0) is 42.7 Å². The van der Waals surface area contributed by atoms with E-state index in [1.54, 1.807) is 18.2 Å². The molecule has 1 aliphatic rings. The summed E-state index contributed by atoms with van der Waals surface area (Å²) in [4.78, 5) is 23.8. The van der Waals surface area contributed by atoms with Crippen LogP contribution in [0.25, 0.3) is 0 Å². The lowest BCUT2D eigenvalue weighted by molar-refractivity contribution is -0.121. The minimum atomic E-state index is -0.123. The maximum Gasteiger partial charge on any atom is 0.227 e. The number of anilines is 1. The Morgan fingerprint density at radius 2 is 1.89 bits per heavy atom. The van der Waals surface area contributed by atoms with Crippen molar-refractivity contribution in [3.05, 3.63) is 58.1 Å². The number of hydrogen-bond acceptors (Lipinski definition) is 3. The molecular formula is C20H20Cl2N2O3. The largest absolute Gasteiger partial charge is 0.493 e. The van der Waals surface area contributed by atoms with Crippen LogP contribution in [0.5, 0.6) is 5.75 Å². The van der Waals surface area contributed by atoms with Crippen molar-refractivity contribution in [1.29, 1.82) is 0 Å². The number of ether oxygens (including phenoxy) is 1. The maximum atomic E-state index is 12.0. The monoisotopic (exact) mass is 406 g/mol. The fourth-order valence-corrected chi connectivity index (χ4v) is 2.75. The molecule has 1 aliphatic carbocycles. The second-order valence-corrected chi connectivity index (χ2v) is 7.23. The third kappa shape index (κ3) is 6.15. The van der Waals surface area contributed by atoms with Crippen molar-refractivity contribution in [3.63, 3.8) is 0 Å². The molecule has 7 heteroatoms. The van der Waals surface area contributed by atoms with Crippen molar-refractivity contribution in [1.82, 2.24) is 5.32 Å². The van der Waals surface area contributed by atoms with E-state index in [0.29, 0.717) is 22.3 Å². The quantitative estimate of drug-likeness (QED) is 0.681. The summed E-state index contributed by atoms with van der Waals surface area (Å²) in [5.41, 5.74) is 1.67. The molecule has 2 N–H and O–H groups in total. The highest BCUT2D eigenvalue weighted by Gasteiger charge is 2.29. The topological polar surface area (TPSA) is 67.4 Å². The zero-order chi connectivity index (χ0) is 19.2. The molecule has 0 saturated heterocycles. The summed E-state index contributed by atoms with van der Waals surface area (Å²) in [6, 6.07) is 12.4. The molecule has 27 heavy (non-hydrogen) atoms. The molecule has 0 unspecified atom stereocenters. The average Bonchev–Trinajstić information content (AvgIpc) is 3.49. The summed E-state index contributed by atoms with van der Waals surface area (Å²) < 4.78 is 5.50. The van der Waals surface area contributed by atoms with Crippen LogP contribution >= 0.6 is 23.2 Å². The van der Waals surface area contributed by atoms with Crippen molar-refractivity contribution in [2.24, 2.45) is 5.92 Å². The molecule has 0 atom stereocenters. The van der Waals surface area contributed by atoms with Crippen LogP contribution < -0.4 is 15.4 Å². The van der Waals surface area contributed by atoms with E-state index >= 15 is 0 Å². The standard InChI is InChI=1S/C20H20Cl2N2O3/c21-17-7-6-16(11-18(17)22)27-9-8-19(25)23-12-13-2-1-3-15(10-13)24-20(26)14-4-5-14/h1-3,6-7,10-11,14H,4-5,8-9,12H2,(H,23,25)(H,24,26). The van der Waals surface area contributed by atoms with E-state index in [4.69, 9.17) is 27.9 Å². The SMILES string of the molecule is O=C(CCOc1ccc(Cl)c(Cl)c1)NCc1cccc(NC(=O)C2CC2)c1. The van der Waals surface area contributed by atoms with Gasteiger partial charge in [-0.3, -0.25) is 9.59 Å². The van der Waals surface area contributed by atoms with Gasteiger partial charge in [-0.25, -0.2) is 0 Å². The van der Waals surface area contributed by atoms with Crippen LogP contribution in [-0.2, 0) is 16.1 Å². The fraction of sp³-hybridized carbons (Fsp3) is 0.300. The molecular weight excluding hydrogens is 387 g/mol. The molecule has 0 heterocycles. The van der Waals surface area contributed by atoms with Crippen molar-refractivity contribution in [3.8, 4) is 5.75 Å². The van der Waals surface area contributed by atoms with Gasteiger partial charge in [0.05, 0.1) is 23.1 Å². The number of amides is 2. The van der Waals surface area contributed by atoms with Crippen LogP contribution in [0.2, 0.25) is 10.0 Å². The Morgan fingerprint density at radius 1 is 1.07 bits per heavy atom. The number of benzene rings is 2. The van der Waals surface area contributed by atoms with Gasteiger partial charge < -0.3 is 15.4 Å². The molecule has 5 nitrogen and oxygen atoms in total. The van der Waals surface area contributed by atoms with Gasteiger partial charge in [0, 0.05) is 24.2 Å². The van der Waals surface area contributed by atoms with E-state index in [1.165, 1.54) is 0 Å². The van der Waals surface area contributed by atoms with Gasteiger partial charge >= 0.3 is 0 Å². The molecule has 0 radical (unpaired) electrons. The molecule has 2 amide bonds. The van der Waals surface area contributed by atoms with Gasteiger partial charge in [0.2, 0.25) is 11.8 Å². The second kappa shape index (κ2) is 9.11. The van der Waals surface area contributed by atoms with Crippen LogP contribution in [0.15, 0.2) is 42.5 Å². The highest BCUT2D eigenvalue weighted by atomic mass is 35.5. The Morgan fingerprint density at radius 3 is 2.63 bits per heavy atom. The fourth-order valence-electron chi connectivity index (χ4n) is 2.47. The maximum absolute atomic E-state index is 12.0. The number of halogens is 2. The number of rotatable bonds is 8. The molecule has 3 rings (SSSR count). The highest BCUT2D eigenvalue weighted by molar-refractivity contribution is 6.42. The summed E-state index contributed by atoms with van der Waals surface area (Å²) in [6.45, 7) is 0.625. The molecule has 142 valence electrons. The third-order valence-corrected chi connectivity index (χ3v) is 4.86. The number of hydrogen-bond donors (Lipinski definition) is 2. The van der Waals surface area contributed by atoms with E-state index in [2.05, 4.69) is 10.6 Å². The number of carbonyl (C=O) groups is 2. The van der Waals surface area contributed by atoms with Crippen LogP contribution in [0.4, 0.5) is 5.69 Å². The van der Waals surface area contributed by atoms with Crippen LogP contribution in [0, 0.1) is 5.92 Å². The number of nitrogens with one attached hydrogen (secondary N) is 2. The van der Waals surface area contributed by atoms with Crippen LogP contribution in [-0.4, -0.2) is 18.4 Å². The zero-order valence-electron chi connectivity index (χ0n) is 14.6. The molecule has 0 aliphatic heterocycles. The lowest BCUT2D eigenvalue weighted by Gasteiger charge is -2.09. The van der Waals surface area contributed by atoms with Gasteiger partial charge in [-0.2, -0.15) is 0 Å². The second-order valence-electron chi connectivity index (χ2n) is 6.42. The Balaban J connectivity index is 1.40. The summed E-state index contributed by atoms with van der Waals surface area (Å²) in [5.74, 6) is 0.665. The van der Waals surface area contributed by atoms with Crippen molar-refractivity contribution in [2.45, 2.75) is 25.8 Å². The minimum Gasteiger partial charge on any atom is -0.493 e. The number of carbonyl (C=O) groups excluding carboxylic acids is 2. The first-order chi connectivity index (χ1) is 13.0. The van der Waals surface area contributed by atoms with Gasteiger partial charge in [0.1, 0.15) is 5.75 Å². The van der Waals surface area contributed by atoms with Gasteiger partial charge in [-0.15, -0.1) is 0 Å². The van der Waals surface area contributed by atoms with Crippen molar-refractivity contribution < 1.29 is 14.3 Å². The van der Waals surface area contributed by atoms with Crippen LogP contribution in [0.3, 0.4) is 0 Å². The van der Waals surface area contributed by atoms with Crippen molar-refractivity contribution in [2.75, 3.05) is 11.9 Å². The average molecular weight is 407 g/mol. The summed E-state index contributed by atoms with van der Waals surface area (Å²) in [5, 5.41) is 6.61. The summed E-state index contributed by atoms with van der Waals surface area (Å²) in [7, 11) is 0. The smallest absolute Gasteiger partial charge is 0.227 e. The van der Waals surface area contributed by atoms with E-state index in [0.717, 1.165) is 24.1 Å². The first kappa shape index (κ1) is 19.5. The highest BCUT2D eigenvalue weighted by Crippen LogP contribution is 2.30. The molecule has 1 saturated carbocycles. The van der Waals surface area contributed by atoms with E-state index in [-0.39, 0.29) is 30.8 Å².